The van der Waals surface area contributed by atoms with Gasteiger partial charge in [-0.3, -0.25) is 9.88 Å². The minimum absolute atomic E-state index is 0.0479. The summed E-state index contributed by atoms with van der Waals surface area (Å²) in [6, 6.07) is 7.98. The molecule has 0 aliphatic carbocycles. The monoisotopic (exact) mass is 556 g/mol. The topological polar surface area (TPSA) is 122 Å². The number of nitrogens with zero attached hydrogens (tertiary/aromatic N) is 2. The first kappa shape index (κ1) is 31.1. The lowest BCUT2D eigenvalue weighted by molar-refractivity contribution is -0.193. The lowest BCUT2D eigenvalue weighted by Crippen LogP contribution is -2.47. The van der Waals surface area contributed by atoms with Crippen molar-refractivity contribution in [1.29, 1.82) is 0 Å². The van der Waals surface area contributed by atoms with Crippen molar-refractivity contribution >= 4 is 11.9 Å². The fourth-order valence-electron chi connectivity index (χ4n) is 3.84. The molecule has 2 saturated heterocycles. The highest BCUT2D eigenvalue weighted by Crippen LogP contribution is 2.36. The number of rotatable bonds is 5. The lowest BCUT2D eigenvalue weighted by atomic mass is 9.89. The van der Waals surface area contributed by atoms with Crippen LogP contribution in [0.15, 0.2) is 47.3 Å². The quantitative estimate of drug-likeness (QED) is 0.520. The molecule has 0 radical (unpaired) electrons. The number of hydrogen-bond donors (Lipinski definition) is 2. The van der Waals surface area contributed by atoms with Gasteiger partial charge in [0, 0.05) is 25.4 Å². The zero-order chi connectivity index (χ0) is 28.4. The second kappa shape index (κ2) is 13.6. The van der Waals surface area contributed by atoms with Gasteiger partial charge >= 0.3 is 24.3 Å². The van der Waals surface area contributed by atoms with Crippen LogP contribution < -0.4 is 0 Å². The third-order valence-electron chi connectivity index (χ3n) is 5.47. The summed E-state index contributed by atoms with van der Waals surface area (Å²) in [6.45, 7) is 4.25. The Morgan fingerprint density at radius 3 is 2.21 bits per heavy atom. The molecule has 2 aliphatic heterocycles. The first-order chi connectivity index (χ1) is 17.7. The zero-order valence-electron chi connectivity index (χ0n) is 19.9. The van der Waals surface area contributed by atoms with E-state index in [1.54, 1.807) is 18.7 Å². The number of halogens is 6. The number of aromatic nitrogens is 1. The fourth-order valence-corrected chi connectivity index (χ4v) is 3.84. The molecule has 0 unspecified atom stereocenters. The molecule has 0 bridgehead atoms. The molecule has 15 heteroatoms. The molecule has 1 spiro atoms. The van der Waals surface area contributed by atoms with Gasteiger partial charge in [0.25, 0.3) is 0 Å². The predicted molar refractivity (Wildman–Crippen MR) is 117 cm³/mol. The van der Waals surface area contributed by atoms with Gasteiger partial charge in [-0.15, -0.1) is 0 Å². The number of furan rings is 1. The van der Waals surface area contributed by atoms with E-state index in [1.165, 1.54) is 0 Å². The average molecular weight is 556 g/mol. The number of carboxylic acid groups (broad SMARTS) is 2. The number of piperidine rings is 1. The van der Waals surface area contributed by atoms with Crippen molar-refractivity contribution in [2.45, 2.75) is 56.5 Å². The number of aliphatic carboxylic acids is 2. The summed E-state index contributed by atoms with van der Waals surface area (Å²) in [7, 11) is 0. The number of ether oxygens (including phenoxy) is 2. The molecular formula is C23H26F6N2O7. The maximum absolute atomic E-state index is 10.6. The Balaban J connectivity index is 0.000000301. The molecule has 0 amide bonds. The minimum atomic E-state index is -5.08. The molecule has 9 nitrogen and oxygen atoms in total. The second-order valence-corrected chi connectivity index (χ2v) is 8.49. The molecule has 2 atom stereocenters. The predicted octanol–water partition coefficient (Wildman–Crippen LogP) is 4.28. The van der Waals surface area contributed by atoms with E-state index in [0.717, 1.165) is 50.2 Å². The normalized spacial score (nSPS) is 21.7. The van der Waals surface area contributed by atoms with Gasteiger partial charge in [0.2, 0.25) is 0 Å². The van der Waals surface area contributed by atoms with Gasteiger partial charge < -0.3 is 24.1 Å². The van der Waals surface area contributed by atoms with Crippen LogP contribution in [0.5, 0.6) is 0 Å². The second-order valence-electron chi connectivity index (χ2n) is 8.49. The van der Waals surface area contributed by atoms with Crippen molar-refractivity contribution in [2.75, 3.05) is 19.7 Å². The van der Waals surface area contributed by atoms with Gasteiger partial charge in [-0.05, 0) is 49.2 Å². The van der Waals surface area contributed by atoms with E-state index in [2.05, 4.69) is 9.88 Å². The zero-order valence-corrected chi connectivity index (χ0v) is 19.9. The largest absolute Gasteiger partial charge is 0.490 e. The summed E-state index contributed by atoms with van der Waals surface area (Å²) >= 11 is 0. The van der Waals surface area contributed by atoms with Crippen LogP contribution in [0.2, 0.25) is 0 Å². The Morgan fingerprint density at radius 1 is 1.08 bits per heavy atom. The molecule has 2 fully saturated rings. The van der Waals surface area contributed by atoms with Crippen LogP contribution in [-0.4, -0.2) is 75.8 Å². The average Bonchev–Trinajstić information content (AvgIpc) is 3.48. The molecule has 2 aromatic heterocycles. The van der Waals surface area contributed by atoms with E-state index in [4.69, 9.17) is 33.7 Å². The molecule has 4 heterocycles. The number of pyridine rings is 1. The van der Waals surface area contributed by atoms with Gasteiger partial charge in [0.1, 0.15) is 5.76 Å². The molecule has 38 heavy (non-hydrogen) atoms. The molecule has 0 aromatic carbocycles. The van der Waals surface area contributed by atoms with E-state index >= 15 is 0 Å². The summed E-state index contributed by atoms with van der Waals surface area (Å²) in [5.41, 5.74) is 1.11. The van der Waals surface area contributed by atoms with Gasteiger partial charge in [-0.1, -0.05) is 0 Å². The Bertz CT molecular complexity index is 978. The highest BCUT2D eigenvalue weighted by atomic mass is 19.4. The van der Waals surface area contributed by atoms with E-state index < -0.39 is 24.3 Å². The Kier molecular flexibility index (Phi) is 11.1. The van der Waals surface area contributed by atoms with Crippen LogP contribution in [0.1, 0.15) is 30.6 Å². The number of carbonyl (C=O) groups is 2. The molecule has 2 aromatic rings. The van der Waals surface area contributed by atoms with E-state index in [-0.39, 0.29) is 11.7 Å². The SMILES string of the molecule is O=C(O)C(F)(F)F.O=C(O)C(F)(F)F.c1coc(CN2CCC[C@]3(C[C@@H](OCc4ccncc4)CO3)C2)c1. The maximum atomic E-state index is 10.6. The van der Waals surface area contributed by atoms with E-state index in [1.807, 2.05) is 24.3 Å². The standard InChI is InChI=1S/C19H24N2O3.2C2HF3O2/c1-3-17(22-10-1)12-21-9-2-6-19(15-21)11-18(14-24-19)23-13-16-4-7-20-8-5-16;2*3-2(4,5)1(6)7/h1,3-5,7-8,10,18H,2,6,9,11-15H2;2*(H,6,7)/t18-,19+;;/m1../s1. The van der Waals surface area contributed by atoms with Crippen LogP contribution in [0, 0.1) is 0 Å². The third-order valence-corrected chi connectivity index (χ3v) is 5.47. The van der Waals surface area contributed by atoms with Crippen LogP contribution in [0.25, 0.3) is 0 Å². The fraction of sp³-hybridized carbons (Fsp3) is 0.522. The highest BCUT2D eigenvalue weighted by molar-refractivity contribution is 5.73. The van der Waals surface area contributed by atoms with Gasteiger partial charge in [0.15, 0.2) is 0 Å². The Hall–Kier alpha value is -3.17. The van der Waals surface area contributed by atoms with Gasteiger partial charge in [0.05, 0.1) is 37.7 Å². The summed E-state index contributed by atoms with van der Waals surface area (Å²) in [4.78, 5) is 24.3. The molecule has 212 valence electrons. The number of hydrogen-bond acceptors (Lipinski definition) is 7. The van der Waals surface area contributed by atoms with Crippen molar-refractivity contribution in [3.8, 4) is 0 Å². The molecule has 4 rings (SSSR count). The Labute approximate surface area is 213 Å². The van der Waals surface area contributed by atoms with E-state index in [9.17, 15) is 26.3 Å². The van der Waals surface area contributed by atoms with Crippen LogP contribution in [0.4, 0.5) is 26.3 Å². The molecular weight excluding hydrogens is 530 g/mol. The first-order valence-electron chi connectivity index (χ1n) is 11.2. The number of alkyl halides is 6. The van der Waals surface area contributed by atoms with Gasteiger partial charge in [-0.2, -0.15) is 26.3 Å². The van der Waals surface area contributed by atoms with Crippen molar-refractivity contribution < 1.29 is 60.0 Å². The van der Waals surface area contributed by atoms with E-state index in [0.29, 0.717) is 13.2 Å². The van der Waals surface area contributed by atoms with Crippen LogP contribution in [0.3, 0.4) is 0 Å². The van der Waals surface area contributed by atoms with Crippen molar-refractivity contribution in [3.63, 3.8) is 0 Å². The van der Waals surface area contributed by atoms with Gasteiger partial charge in [-0.25, -0.2) is 9.59 Å². The Morgan fingerprint density at radius 2 is 1.68 bits per heavy atom. The third kappa shape index (κ3) is 10.7. The summed E-state index contributed by atoms with van der Waals surface area (Å²) in [5, 5.41) is 14.2. The lowest BCUT2D eigenvalue weighted by Gasteiger charge is -2.39. The first-order valence-corrected chi connectivity index (χ1v) is 11.2. The van der Waals surface area contributed by atoms with Crippen LogP contribution in [-0.2, 0) is 32.2 Å². The number of carboxylic acids is 2. The van der Waals surface area contributed by atoms with Crippen molar-refractivity contribution in [2.24, 2.45) is 0 Å². The number of likely N-dealkylation sites (tertiary alicyclic amines) is 1. The summed E-state index contributed by atoms with van der Waals surface area (Å²) < 4.78 is 81.2. The molecule has 0 saturated carbocycles. The smallest absolute Gasteiger partial charge is 0.475 e. The summed E-state index contributed by atoms with van der Waals surface area (Å²) in [6.07, 6.45) is -1.37. The highest BCUT2D eigenvalue weighted by Gasteiger charge is 2.44. The summed E-state index contributed by atoms with van der Waals surface area (Å²) in [5.74, 6) is -4.49. The minimum Gasteiger partial charge on any atom is -0.475 e. The van der Waals surface area contributed by atoms with Crippen molar-refractivity contribution in [1.82, 2.24) is 9.88 Å². The molecule has 2 aliphatic rings. The maximum Gasteiger partial charge on any atom is 0.490 e. The molecule has 2 N–H and O–H groups in total. The van der Waals surface area contributed by atoms with Crippen LogP contribution >= 0.6 is 0 Å². The van der Waals surface area contributed by atoms with Crippen molar-refractivity contribution in [3.05, 3.63) is 54.2 Å².